The van der Waals surface area contributed by atoms with Crippen molar-refractivity contribution in [1.29, 1.82) is 0 Å². The third-order valence-corrected chi connectivity index (χ3v) is 4.12. The van der Waals surface area contributed by atoms with Gasteiger partial charge in [0.2, 0.25) is 0 Å². The SMILES string of the molecule is CC(=O)Oc1ccc(/C=C2\SC(=O)N(c3ccccc3)C2=O)cc1. The number of imide groups is 1. The first kappa shape index (κ1) is 16.0. The Morgan fingerprint density at radius 3 is 2.33 bits per heavy atom. The summed E-state index contributed by atoms with van der Waals surface area (Å²) < 4.78 is 4.96. The molecule has 0 bridgehead atoms. The zero-order chi connectivity index (χ0) is 17.1. The zero-order valence-corrected chi connectivity index (χ0v) is 13.6. The van der Waals surface area contributed by atoms with Crippen molar-refractivity contribution in [3.8, 4) is 5.75 Å². The van der Waals surface area contributed by atoms with Crippen LogP contribution < -0.4 is 9.64 Å². The van der Waals surface area contributed by atoms with Crippen LogP contribution >= 0.6 is 11.8 Å². The maximum absolute atomic E-state index is 12.5. The fraction of sp³-hybridized carbons (Fsp3) is 0.0556. The highest BCUT2D eigenvalue weighted by Crippen LogP contribution is 2.35. The molecule has 3 rings (SSSR count). The number of thioether (sulfide) groups is 1. The Morgan fingerprint density at radius 1 is 1.04 bits per heavy atom. The van der Waals surface area contributed by atoms with Crippen LogP contribution in [0.4, 0.5) is 10.5 Å². The van der Waals surface area contributed by atoms with Crippen LogP contribution in [0.25, 0.3) is 6.08 Å². The number of ether oxygens (including phenoxy) is 1. The predicted octanol–water partition coefficient (Wildman–Crippen LogP) is 3.85. The summed E-state index contributed by atoms with van der Waals surface area (Å²) in [5.41, 5.74) is 1.29. The van der Waals surface area contributed by atoms with E-state index in [-0.39, 0.29) is 11.1 Å². The highest BCUT2D eigenvalue weighted by Gasteiger charge is 2.36. The Kier molecular flexibility index (Phi) is 4.48. The van der Waals surface area contributed by atoms with Gasteiger partial charge in [0.1, 0.15) is 5.75 Å². The van der Waals surface area contributed by atoms with Crippen molar-refractivity contribution in [3.05, 3.63) is 65.1 Å². The highest BCUT2D eigenvalue weighted by molar-refractivity contribution is 8.19. The fourth-order valence-electron chi connectivity index (χ4n) is 2.22. The average molecular weight is 339 g/mol. The lowest BCUT2D eigenvalue weighted by Gasteiger charge is -2.11. The van der Waals surface area contributed by atoms with Crippen LogP contribution in [0.5, 0.6) is 5.75 Å². The molecule has 1 fully saturated rings. The molecular formula is C18H13NO4S. The molecule has 1 heterocycles. The van der Waals surface area contributed by atoms with Crippen LogP contribution in [0.15, 0.2) is 59.5 Å². The number of nitrogens with zero attached hydrogens (tertiary/aromatic N) is 1. The summed E-state index contributed by atoms with van der Waals surface area (Å²) >= 11 is 0.899. The number of para-hydroxylation sites is 1. The number of benzene rings is 2. The van der Waals surface area contributed by atoms with Crippen molar-refractivity contribution in [2.45, 2.75) is 6.92 Å². The van der Waals surface area contributed by atoms with Crippen LogP contribution in [0.2, 0.25) is 0 Å². The molecule has 2 aromatic rings. The van der Waals surface area contributed by atoms with Gasteiger partial charge in [-0.15, -0.1) is 0 Å². The number of hydrogen-bond donors (Lipinski definition) is 0. The summed E-state index contributed by atoms with van der Waals surface area (Å²) in [4.78, 5) is 37.0. The second kappa shape index (κ2) is 6.72. The normalized spacial score (nSPS) is 15.9. The Balaban J connectivity index is 1.82. The lowest BCUT2D eigenvalue weighted by molar-refractivity contribution is -0.131. The molecule has 2 aromatic carbocycles. The average Bonchev–Trinajstić information content (AvgIpc) is 2.83. The smallest absolute Gasteiger partial charge is 0.308 e. The first-order valence-electron chi connectivity index (χ1n) is 7.16. The minimum absolute atomic E-state index is 0.325. The minimum atomic E-state index is -0.397. The van der Waals surface area contributed by atoms with Crippen molar-refractivity contribution in [1.82, 2.24) is 0 Å². The van der Waals surface area contributed by atoms with Crippen LogP contribution in [0.3, 0.4) is 0 Å². The van der Waals surface area contributed by atoms with Gasteiger partial charge in [0.15, 0.2) is 0 Å². The van der Waals surface area contributed by atoms with Gasteiger partial charge >= 0.3 is 5.97 Å². The molecule has 0 N–H and O–H groups in total. The van der Waals surface area contributed by atoms with Gasteiger partial charge in [-0.25, -0.2) is 4.90 Å². The van der Waals surface area contributed by atoms with Gasteiger partial charge < -0.3 is 4.74 Å². The van der Waals surface area contributed by atoms with Gasteiger partial charge in [-0.2, -0.15) is 0 Å². The molecule has 0 saturated carbocycles. The van der Waals surface area contributed by atoms with E-state index in [1.54, 1.807) is 54.6 Å². The topological polar surface area (TPSA) is 63.7 Å². The van der Waals surface area contributed by atoms with Gasteiger partial charge in [-0.1, -0.05) is 30.3 Å². The first-order chi connectivity index (χ1) is 11.5. The Labute approximate surface area is 142 Å². The van der Waals surface area contributed by atoms with Crippen molar-refractivity contribution < 1.29 is 19.1 Å². The Morgan fingerprint density at radius 2 is 1.71 bits per heavy atom. The van der Waals surface area contributed by atoms with E-state index in [0.717, 1.165) is 22.2 Å². The van der Waals surface area contributed by atoms with E-state index in [9.17, 15) is 14.4 Å². The molecular weight excluding hydrogens is 326 g/mol. The van der Waals surface area contributed by atoms with Crippen LogP contribution in [0.1, 0.15) is 12.5 Å². The number of carbonyl (C=O) groups excluding carboxylic acids is 3. The minimum Gasteiger partial charge on any atom is -0.427 e. The Hall–Kier alpha value is -2.86. The van der Waals surface area contributed by atoms with Crippen molar-refractivity contribution in [2.75, 3.05) is 4.90 Å². The summed E-state index contributed by atoms with van der Waals surface area (Å²) in [5, 5.41) is -0.325. The van der Waals surface area contributed by atoms with E-state index in [1.807, 2.05) is 6.07 Å². The molecule has 0 unspecified atom stereocenters. The first-order valence-corrected chi connectivity index (χ1v) is 7.98. The third kappa shape index (κ3) is 3.38. The standard InChI is InChI=1S/C18H13NO4S/c1-12(20)23-15-9-7-13(8-10-15)11-16-17(21)19(18(22)24-16)14-5-3-2-4-6-14/h2-11H,1H3/b16-11-. The second-order valence-electron chi connectivity index (χ2n) is 5.02. The fourth-order valence-corrected chi connectivity index (χ4v) is 3.06. The largest absolute Gasteiger partial charge is 0.427 e. The molecule has 0 radical (unpaired) electrons. The van der Waals surface area contributed by atoms with E-state index in [1.165, 1.54) is 6.92 Å². The molecule has 2 amide bonds. The third-order valence-electron chi connectivity index (χ3n) is 3.25. The van der Waals surface area contributed by atoms with E-state index in [4.69, 9.17) is 4.74 Å². The molecule has 24 heavy (non-hydrogen) atoms. The summed E-state index contributed by atoms with van der Waals surface area (Å²) in [6.45, 7) is 1.33. The molecule has 0 atom stereocenters. The number of hydrogen-bond acceptors (Lipinski definition) is 5. The van der Waals surface area contributed by atoms with Gasteiger partial charge in [-0.05, 0) is 47.7 Å². The number of rotatable bonds is 3. The summed E-state index contributed by atoms with van der Waals surface area (Å²) in [5.74, 6) is -0.316. The molecule has 0 aromatic heterocycles. The number of esters is 1. The van der Waals surface area contributed by atoms with Crippen molar-refractivity contribution in [2.24, 2.45) is 0 Å². The quantitative estimate of drug-likeness (QED) is 0.483. The highest BCUT2D eigenvalue weighted by atomic mass is 32.2. The lowest BCUT2D eigenvalue weighted by atomic mass is 10.2. The van der Waals surface area contributed by atoms with Gasteiger partial charge in [-0.3, -0.25) is 14.4 Å². The molecule has 1 aliphatic heterocycles. The summed E-state index contributed by atoms with van der Waals surface area (Å²) in [6.07, 6.45) is 1.64. The van der Waals surface area contributed by atoms with Crippen molar-refractivity contribution >= 4 is 40.6 Å². The predicted molar refractivity (Wildman–Crippen MR) is 92.6 cm³/mol. The molecule has 0 spiro atoms. The monoisotopic (exact) mass is 339 g/mol. The summed E-state index contributed by atoms with van der Waals surface area (Å²) in [7, 11) is 0. The maximum Gasteiger partial charge on any atom is 0.308 e. The van der Waals surface area contributed by atoms with Crippen LogP contribution in [0, 0.1) is 0 Å². The van der Waals surface area contributed by atoms with E-state index in [0.29, 0.717) is 16.3 Å². The van der Waals surface area contributed by atoms with Gasteiger partial charge in [0, 0.05) is 6.92 Å². The van der Waals surface area contributed by atoms with Crippen LogP contribution in [-0.4, -0.2) is 17.1 Å². The van der Waals surface area contributed by atoms with E-state index < -0.39 is 5.97 Å². The number of amides is 2. The molecule has 120 valence electrons. The lowest BCUT2D eigenvalue weighted by Crippen LogP contribution is -2.27. The number of anilines is 1. The van der Waals surface area contributed by atoms with E-state index in [2.05, 4.69) is 0 Å². The van der Waals surface area contributed by atoms with Crippen molar-refractivity contribution in [3.63, 3.8) is 0 Å². The van der Waals surface area contributed by atoms with Crippen LogP contribution in [-0.2, 0) is 9.59 Å². The van der Waals surface area contributed by atoms with Gasteiger partial charge in [0.05, 0.1) is 10.6 Å². The molecule has 1 saturated heterocycles. The number of carbonyl (C=O) groups is 3. The maximum atomic E-state index is 12.5. The molecule has 5 nitrogen and oxygen atoms in total. The van der Waals surface area contributed by atoms with Gasteiger partial charge in [0.25, 0.3) is 11.1 Å². The van der Waals surface area contributed by atoms with E-state index >= 15 is 0 Å². The summed E-state index contributed by atoms with van der Waals surface area (Å²) in [6, 6.07) is 15.5. The molecule has 6 heteroatoms. The zero-order valence-electron chi connectivity index (χ0n) is 12.8. The molecule has 0 aliphatic carbocycles. The Bertz CT molecular complexity index is 828. The molecule has 1 aliphatic rings. The second-order valence-corrected chi connectivity index (χ2v) is 6.01.